The number of benzene rings is 2. The van der Waals surface area contributed by atoms with Crippen molar-refractivity contribution in [3.8, 4) is 5.75 Å². The van der Waals surface area contributed by atoms with Crippen LogP contribution in [-0.4, -0.2) is 33.4 Å². The van der Waals surface area contributed by atoms with Crippen LogP contribution in [-0.2, 0) is 25.0 Å². The van der Waals surface area contributed by atoms with Gasteiger partial charge < -0.3 is 14.2 Å². The minimum absolute atomic E-state index is 0.0173. The molecule has 1 aromatic heterocycles. The average molecular weight is 498 g/mol. The molecule has 0 saturated heterocycles. The maximum atomic E-state index is 13.5. The number of carbonyl (C=O) groups excluding carboxylic acids is 1. The Labute approximate surface area is 218 Å². The van der Waals surface area contributed by atoms with E-state index in [4.69, 9.17) is 4.74 Å². The van der Waals surface area contributed by atoms with Crippen molar-refractivity contribution in [2.75, 3.05) is 7.05 Å². The maximum Gasteiger partial charge on any atom is 0.316 e. The van der Waals surface area contributed by atoms with Crippen LogP contribution in [0.1, 0.15) is 72.5 Å². The third-order valence-corrected chi connectivity index (χ3v) is 8.10. The molecule has 192 valence electrons. The first-order chi connectivity index (χ1) is 17.8. The number of allylic oxidation sites excluding steroid dienone is 1. The largest absolute Gasteiger partial charge is 0.481 e. The molecule has 0 unspecified atom stereocenters. The van der Waals surface area contributed by atoms with Gasteiger partial charge in [0.05, 0.1) is 0 Å². The minimum atomic E-state index is -0.475. The zero-order chi connectivity index (χ0) is 26.2. The summed E-state index contributed by atoms with van der Waals surface area (Å²) in [7, 11) is 1.78. The Hall–Kier alpha value is -3.67. The average Bonchev–Trinajstić information content (AvgIpc) is 3.38. The van der Waals surface area contributed by atoms with Crippen molar-refractivity contribution in [2.45, 2.75) is 70.6 Å². The number of likely N-dealkylation sites (N-methyl/N-ethyl adjacent to an activating group) is 1. The molecule has 2 aromatic carbocycles. The van der Waals surface area contributed by atoms with E-state index in [1.807, 2.05) is 48.7 Å². The zero-order valence-corrected chi connectivity index (χ0v) is 22.0. The summed E-state index contributed by atoms with van der Waals surface area (Å²) < 4.78 is 7.95. The van der Waals surface area contributed by atoms with Crippen molar-refractivity contribution in [3.63, 3.8) is 0 Å². The third-order valence-electron chi connectivity index (χ3n) is 8.10. The Morgan fingerprint density at radius 3 is 2.54 bits per heavy atom. The van der Waals surface area contributed by atoms with Gasteiger partial charge in [0.1, 0.15) is 12.4 Å². The van der Waals surface area contributed by atoms with E-state index in [1.54, 1.807) is 11.9 Å². The van der Waals surface area contributed by atoms with E-state index in [0.29, 0.717) is 24.5 Å². The second-order valence-electron chi connectivity index (χ2n) is 10.7. The van der Waals surface area contributed by atoms with Crippen LogP contribution in [0, 0.1) is 0 Å². The molecule has 1 fully saturated rings. The van der Waals surface area contributed by atoms with Crippen molar-refractivity contribution < 1.29 is 9.53 Å². The summed E-state index contributed by atoms with van der Waals surface area (Å²) in [4.78, 5) is 33.2. The van der Waals surface area contributed by atoms with Crippen LogP contribution in [0.5, 0.6) is 5.75 Å². The van der Waals surface area contributed by atoms with E-state index in [9.17, 15) is 9.59 Å². The van der Waals surface area contributed by atoms with Crippen molar-refractivity contribution in [3.05, 3.63) is 99.7 Å². The van der Waals surface area contributed by atoms with E-state index in [0.717, 1.165) is 42.4 Å². The highest BCUT2D eigenvalue weighted by Gasteiger charge is 2.40. The standard InChI is InChI=1S/C31H35N3O3/c1-21(2)24-13-10-14-25(17-24)31(15-8-9-16-31)18-26-32-29(35)28(37-20-23-11-6-5-7-12-23)27-30(36)33(4)22(3)19-34(26)27/h5-7,10-14,17,22H,1,8-9,15-16,18-20H2,2-4H3/t22-/m0/s1. The molecule has 1 aliphatic carbocycles. The number of rotatable bonds is 7. The Morgan fingerprint density at radius 2 is 1.84 bits per heavy atom. The first-order valence-electron chi connectivity index (χ1n) is 13.1. The summed E-state index contributed by atoms with van der Waals surface area (Å²) in [5.74, 6) is 0.511. The maximum absolute atomic E-state index is 13.5. The molecule has 2 aliphatic rings. The van der Waals surface area contributed by atoms with Crippen molar-refractivity contribution in [1.29, 1.82) is 0 Å². The molecule has 37 heavy (non-hydrogen) atoms. The van der Waals surface area contributed by atoms with Crippen molar-refractivity contribution in [1.82, 2.24) is 14.5 Å². The number of ether oxygens (including phenoxy) is 1. The highest BCUT2D eigenvalue weighted by atomic mass is 16.5. The second-order valence-corrected chi connectivity index (χ2v) is 10.7. The topological polar surface area (TPSA) is 64.4 Å². The van der Waals surface area contributed by atoms with Crippen LogP contribution < -0.4 is 10.3 Å². The lowest BCUT2D eigenvalue weighted by Crippen LogP contribution is -2.47. The first kappa shape index (κ1) is 25.0. The van der Waals surface area contributed by atoms with Gasteiger partial charge in [0.15, 0.2) is 5.69 Å². The molecule has 3 aromatic rings. The summed E-state index contributed by atoms with van der Waals surface area (Å²) >= 11 is 0. The normalized spacial score (nSPS) is 18.5. The molecule has 5 rings (SSSR count). The fourth-order valence-corrected chi connectivity index (χ4v) is 5.78. The van der Waals surface area contributed by atoms with E-state index >= 15 is 0 Å². The van der Waals surface area contributed by atoms with Crippen LogP contribution >= 0.6 is 0 Å². The summed E-state index contributed by atoms with van der Waals surface area (Å²) in [6.07, 6.45) is 4.91. The van der Waals surface area contributed by atoms with E-state index in [2.05, 4.69) is 35.8 Å². The Kier molecular flexibility index (Phi) is 6.76. The first-order valence-corrected chi connectivity index (χ1v) is 13.1. The predicted octanol–water partition coefficient (Wildman–Crippen LogP) is 5.38. The van der Waals surface area contributed by atoms with Crippen LogP contribution in [0.4, 0.5) is 0 Å². The highest BCUT2D eigenvalue weighted by Crippen LogP contribution is 2.44. The lowest BCUT2D eigenvalue weighted by atomic mass is 9.75. The molecule has 1 amide bonds. The third kappa shape index (κ3) is 4.73. The minimum Gasteiger partial charge on any atom is -0.481 e. The number of hydrogen-bond acceptors (Lipinski definition) is 4. The molecule has 0 radical (unpaired) electrons. The molecule has 6 heteroatoms. The number of nitrogens with zero attached hydrogens (tertiary/aromatic N) is 3. The van der Waals surface area contributed by atoms with Crippen LogP contribution in [0.15, 0.2) is 66.0 Å². The van der Waals surface area contributed by atoms with E-state index in [1.165, 1.54) is 5.56 Å². The lowest BCUT2D eigenvalue weighted by molar-refractivity contribution is 0.0657. The fourth-order valence-electron chi connectivity index (χ4n) is 5.78. The molecule has 0 bridgehead atoms. The molecule has 0 N–H and O–H groups in total. The van der Waals surface area contributed by atoms with Crippen LogP contribution in [0.2, 0.25) is 0 Å². The predicted molar refractivity (Wildman–Crippen MR) is 146 cm³/mol. The number of carbonyl (C=O) groups is 1. The SMILES string of the molecule is C=C(C)c1cccc(C2(Cc3nc(=O)c(OCc4ccccc4)c4n3C[C@H](C)N(C)C4=O)CCCC2)c1. The van der Waals surface area contributed by atoms with E-state index < -0.39 is 5.56 Å². The molecular weight excluding hydrogens is 462 g/mol. The van der Waals surface area contributed by atoms with E-state index in [-0.39, 0.29) is 29.7 Å². The van der Waals surface area contributed by atoms with Gasteiger partial charge in [-0.2, -0.15) is 4.98 Å². The summed E-state index contributed by atoms with van der Waals surface area (Å²) in [6.45, 7) is 8.95. The van der Waals surface area contributed by atoms with Gasteiger partial charge in [0.2, 0.25) is 5.75 Å². The number of fused-ring (bicyclic) bond motifs is 1. The van der Waals surface area contributed by atoms with Gasteiger partial charge in [-0.3, -0.25) is 9.59 Å². The lowest BCUT2D eigenvalue weighted by Gasteiger charge is -2.36. The summed E-state index contributed by atoms with van der Waals surface area (Å²) in [5, 5.41) is 0. The monoisotopic (exact) mass is 497 g/mol. The van der Waals surface area contributed by atoms with Gasteiger partial charge in [0.25, 0.3) is 5.91 Å². The van der Waals surface area contributed by atoms with Crippen molar-refractivity contribution in [2.24, 2.45) is 0 Å². The van der Waals surface area contributed by atoms with Gasteiger partial charge in [-0.15, -0.1) is 0 Å². The fraction of sp³-hybridized carbons (Fsp3) is 0.387. The summed E-state index contributed by atoms with van der Waals surface area (Å²) in [6, 6.07) is 18.2. The van der Waals surface area contributed by atoms with Gasteiger partial charge in [-0.1, -0.05) is 79.6 Å². The number of amides is 1. The van der Waals surface area contributed by atoms with Gasteiger partial charge in [0, 0.05) is 31.5 Å². The number of hydrogen-bond donors (Lipinski definition) is 0. The molecule has 0 spiro atoms. The van der Waals surface area contributed by atoms with Gasteiger partial charge >= 0.3 is 5.56 Å². The molecule has 1 aliphatic heterocycles. The van der Waals surface area contributed by atoms with Gasteiger partial charge in [-0.05, 0) is 43.4 Å². The zero-order valence-electron chi connectivity index (χ0n) is 22.0. The van der Waals surface area contributed by atoms with Gasteiger partial charge in [-0.25, -0.2) is 0 Å². The summed E-state index contributed by atoms with van der Waals surface area (Å²) in [5.41, 5.74) is 4.05. The van der Waals surface area contributed by atoms with Crippen LogP contribution in [0.3, 0.4) is 0 Å². The molecule has 6 nitrogen and oxygen atoms in total. The Morgan fingerprint density at radius 1 is 1.11 bits per heavy atom. The quantitative estimate of drug-likeness (QED) is 0.439. The molecular formula is C31H35N3O3. The van der Waals surface area contributed by atoms with Crippen molar-refractivity contribution >= 4 is 11.5 Å². The smallest absolute Gasteiger partial charge is 0.316 e. The Bertz CT molecular complexity index is 1390. The molecule has 1 saturated carbocycles. The number of aromatic nitrogens is 2. The molecule has 1 atom stereocenters. The molecule has 2 heterocycles. The highest BCUT2D eigenvalue weighted by molar-refractivity contribution is 5.96. The van der Waals surface area contributed by atoms with Crippen LogP contribution in [0.25, 0.3) is 5.57 Å². The second kappa shape index (κ2) is 10.0. The Balaban J connectivity index is 1.59.